The lowest BCUT2D eigenvalue weighted by molar-refractivity contribution is -0.443. The van der Waals surface area contributed by atoms with Crippen molar-refractivity contribution in [3.8, 4) is 0 Å². The van der Waals surface area contributed by atoms with E-state index in [4.69, 9.17) is 9.47 Å². The highest BCUT2D eigenvalue weighted by molar-refractivity contribution is 5.63. The summed E-state index contributed by atoms with van der Waals surface area (Å²) in [6.45, 7) is 1.88. The van der Waals surface area contributed by atoms with Crippen molar-refractivity contribution < 1.29 is 14.2 Å². The second kappa shape index (κ2) is 2.46. The van der Waals surface area contributed by atoms with Crippen LogP contribution in [0.2, 0.25) is 0 Å². The normalized spacial score (nSPS) is 28.9. The Labute approximate surface area is 65.0 Å². The maximum Gasteiger partial charge on any atom is 0.255 e. The number of ether oxygens (including phenoxy) is 2. The number of hydrogen-bond acceptors (Lipinski definition) is 3. The quantitative estimate of drug-likeness (QED) is 0.370. The summed E-state index contributed by atoms with van der Waals surface area (Å²) in [5.74, 6) is -0.667. The van der Waals surface area contributed by atoms with Crippen molar-refractivity contribution in [2.24, 2.45) is 0 Å². The van der Waals surface area contributed by atoms with E-state index in [2.05, 4.69) is 0 Å². The lowest BCUT2D eigenvalue weighted by Gasteiger charge is -2.28. The second-order valence-electron chi connectivity index (χ2n) is 2.88. The van der Waals surface area contributed by atoms with E-state index in [-0.39, 0.29) is 0 Å². The lowest BCUT2D eigenvalue weighted by Crippen LogP contribution is -2.40. The van der Waals surface area contributed by atoms with E-state index in [9.17, 15) is 5.21 Å². The molecule has 4 heteroatoms. The van der Waals surface area contributed by atoms with Crippen LogP contribution in [0.3, 0.4) is 0 Å². The number of nitrogens with zero attached hydrogens (tertiary/aromatic N) is 1. The van der Waals surface area contributed by atoms with E-state index in [1.165, 1.54) is 6.21 Å². The van der Waals surface area contributed by atoms with Gasteiger partial charge in [-0.2, -0.15) is 0 Å². The average Bonchev–Trinajstić information content (AvgIpc) is 2.34. The first kappa shape index (κ1) is 7.06. The molecular weight excluding hydrogens is 146 g/mol. The first-order chi connectivity index (χ1) is 5.31. The first-order valence-electron chi connectivity index (χ1n) is 3.88. The molecular formula is C7H11NO3. The zero-order chi connectivity index (χ0) is 7.73. The van der Waals surface area contributed by atoms with Crippen LogP contribution in [-0.4, -0.2) is 36.5 Å². The molecule has 4 nitrogen and oxygen atoms in total. The van der Waals surface area contributed by atoms with Gasteiger partial charge in [0, 0.05) is 0 Å². The smallest absolute Gasteiger partial charge is 0.255 e. The maximum atomic E-state index is 10.8. The molecule has 0 aromatic rings. The SMILES string of the molecule is [O-][N+]1=CC2(CC1)OCCCO2. The van der Waals surface area contributed by atoms with Crippen molar-refractivity contribution >= 4 is 6.21 Å². The van der Waals surface area contributed by atoms with Gasteiger partial charge in [-0.25, -0.2) is 4.74 Å². The van der Waals surface area contributed by atoms with Crippen LogP contribution < -0.4 is 0 Å². The molecule has 11 heavy (non-hydrogen) atoms. The third-order valence-corrected chi connectivity index (χ3v) is 2.00. The topological polar surface area (TPSA) is 44.5 Å². The van der Waals surface area contributed by atoms with Gasteiger partial charge in [0.15, 0.2) is 6.54 Å². The van der Waals surface area contributed by atoms with Crippen LogP contribution in [0, 0.1) is 5.21 Å². The maximum absolute atomic E-state index is 10.8. The largest absolute Gasteiger partial charge is 0.624 e. The van der Waals surface area contributed by atoms with Gasteiger partial charge in [-0.3, -0.25) is 0 Å². The second-order valence-corrected chi connectivity index (χ2v) is 2.88. The standard InChI is InChI=1S/C7H11NO3/c9-8-3-2-7(6-8)10-4-1-5-11-7/h6H,1-5H2. The highest BCUT2D eigenvalue weighted by Gasteiger charge is 2.41. The van der Waals surface area contributed by atoms with Crippen LogP contribution >= 0.6 is 0 Å². The summed E-state index contributed by atoms with van der Waals surface area (Å²) >= 11 is 0. The Balaban J connectivity index is 2.09. The van der Waals surface area contributed by atoms with Gasteiger partial charge < -0.3 is 14.7 Å². The van der Waals surface area contributed by atoms with Crippen LogP contribution in [0.25, 0.3) is 0 Å². The third-order valence-electron chi connectivity index (χ3n) is 2.00. The molecule has 0 amide bonds. The van der Waals surface area contributed by atoms with E-state index >= 15 is 0 Å². The molecule has 0 radical (unpaired) electrons. The molecule has 1 spiro atoms. The predicted octanol–water partition coefficient (Wildman–Crippen LogP) is 0.104. The number of hydroxylamine groups is 1. The zero-order valence-corrected chi connectivity index (χ0v) is 6.28. The van der Waals surface area contributed by atoms with E-state index in [1.54, 1.807) is 0 Å². The van der Waals surface area contributed by atoms with E-state index < -0.39 is 5.79 Å². The van der Waals surface area contributed by atoms with Gasteiger partial charge in [0.25, 0.3) is 5.79 Å². The molecule has 0 aliphatic carbocycles. The van der Waals surface area contributed by atoms with Crippen molar-refractivity contribution in [3.63, 3.8) is 0 Å². The average molecular weight is 157 g/mol. The van der Waals surface area contributed by atoms with Gasteiger partial charge in [-0.1, -0.05) is 0 Å². The minimum Gasteiger partial charge on any atom is -0.624 e. The summed E-state index contributed by atoms with van der Waals surface area (Å²) < 4.78 is 11.6. The summed E-state index contributed by atoms with van der Waals surface area (Å²) in [6, 6.07) is 0. The molecule has 62 valence electrons. The van der Waals surface area contributed by atoms with Crippen LogP contribution in [0.4, 0.5) is 0 Å². The van der Waals surface area contributed by atoms with E-state index in [0.717, 1.165) is 11.2 Å². The fourth-order valence-corrected chi connectivity index (χ4v) is 1.42. The van der Waals surface area contributed by atoms with Gasteiger partial charge in [-0.15, -0.1) is 0 Å². The highest BCUT2D eigenvalue weighted by atomic mass is 16.7. The van der Waals surface area contributed by atoms with Crippen molar-refractivity contribution in [1.29, 1.82) is 0 Å². The molecule has 0 aromatic heterocycles. The fraction of sp³-hybridized carbons (Fsp3) is 0.857. The Bertz CT molecular complexity index is 184. The summed E-state index contributed by atoms with van der Waals surface area (Å²) in [6.07, 6.45) is 3.08. The highest BCUT2D eigenvalue weighted by Crippen LogP contribution is 2.23. The zero-order valence-electron chi connectivity index (χ0n) is 6.28. The molecule has 0 unspecified atom stereocenters. The monoisotopic (exact) mass is 157 g/mol. The molecule has 0 saturated carbocycles. The molecule has 2 heterocycles. The van der Waals surface area contributed by atoms with Crippen LogP contribution in [0.5, 0.6) is 0 Å². The molecule has 1 fully saturated rings. The fourth-order valence-electron chi connectivity index (χ4n) is 1.42. The summed E-state index contributed by atoms with van der Waals surface area (Å²) in [7, 11) is 0. The van der Waals surface area contributed by atoms with Gasteiger partial charge in [0.05, 0.1) is 19.6 Å². The van der Waals surface area contributed by atoms with Crippen LogP contribution in [0.15, 0.2) is 0 Å². The Kier molecular flexibility index (Phi) is 1.58. The molecule has 0 aromatic carbocycles. The minimum absolute atomic E-state index is 0.486. The minimum atomic E-state index is -0.667. The van der Waals surface area contributed by atoms with Gasteiger partial charge in [0.1, 0.15) is 0 Å². The molecule has 2 rings (SSSR count). The summed E-state index contributed by atoms with van der Waals surface area (Å²) in [4.78, 5) is 0. The van der Waals surface area contributed by atoms with Gasteiger partial charge in [0.2, 0.25) is 6.21 Å². The molecule has 0 N–H and O–H groups in total. The van der Waals surface area contributed by atoms with Gasteiger partial charge in [-0.05, 0) is 6.42 Å². The molecule has 2 aliphatic heterocycles. The Morgan fingerprint density at radius 3 is 2.64 bits per heavy atom. The van der Waals surface area contributed by atoms with E-state index in [0.29, 0.717) is 26.2 Å². The van der Waals surface area contributed by atoms with Crippen molar-refractivity contribution in [2.45, 2.75) is 18.6 Å². The van der Waals surface area contributed by atoms with Crippen molar-refractivity contribution in [1.82, 2.24) is 0 Å². The summed E-state index contributed by atoms with van der Waals surface area (Å²) in [5, 5.41) is 10.8. The van der Waals surface area contributed by atoms with Crippen LogP contribution in [0.1, 0.15) is 12.8 Å². The van der Waals surface area contributed by atoms with Gasteiger partial charge >= 0.3 is 0 Å². The Morgan fingerprint density at radius 2 is 2.09 bits per heavy atom. The van der Waals surface area contributed by atoms with Crippen molar-refractivity contribution in [2.75, 3.05) is 19.8 Å². The van der Waals surface area contributed by atoms with Crippen molar-refractivity contribution in [3.05, 3.63) is 5.21 Å². The van der Waals surface area contributed by atoms with E-state index in [1.807, 2.05) is 0 Å². The first-order valence-corrected chi connectivity index (χ1v) is 3.88. The number of rotatable bonds is 0. The Hall–Kier alpha value is -0.610. The molecule has 2 aliphatic rings. The third kappa shape index (κ3) is 1.23. The molecule has 0 bridgehead atoms. The summed E-state index contributed by atoms with van der Waals surface area (Å²) in [5.41, 5.74) is 0. The predicted molar refractivity (Wildman–Crippen MR) is 38.4 cm³/mol. The Morgan fingerprint density at radius 1 is 1.36 bits per heavy atom. The molecule has 0 atom stereocenters. The number of hydrogen-bond donors (Lipinski definition) is 0. The lowest BCUT2D eigenvalue weighted by atomic mass is 10.2. The van der Waals surface area contributed by atoms with Crippen LogP contribution in [-0.2, 0) is 9.47 Å². The molecule has 1 saturated heterocycles.